The first kappa shape index (κ1) is 26.1. The summed E-state index contributed by atoms with van der Waals surface area (Å²) in [5.74, 6) is -2.45. The van der Waals surface area contributed by atoms with Crippen molar-refractivity contribution in [1.82, 2.24) is 5.32 Å². The van der Waals surface area contributed by atoms with Crippen LogP contribution in [-0.2, 0) is 22.4 Å². The molecule has 2 aromatic carbocycles. The fraction of sp³-hybridized carbons (Fsp3) is 0.360. The summed E-state index contributed by atoms with van der Waals surface area (Å²) in [4.78, 5) is 24.1. The summed E-state index contributed by atoms with van der Waals surface area (Å²) in [5.41, 5.74) is -1.96. The van der Waals surface area contributed by atoms with Crippen LogP contribution in [-0.4, -0.2) is 29.6 Å². The molecule has 3 rings (SSSR count). The lowest BCUT2D eigenvalue weighted by Crippen LogP contribution is -2.55. The molecule has 0 atom stereocenters. The van der Waals surface area contributed by atoms with Gasteiger partial charge in [-0.15, -0.1) is 0 Å². The maximum Gasteiger partial charge on any atom is 0.419 e. The number of hydrogen-bond donors (Lipinski definition) is 2. The summed E-state index contributed by atoms with van der Waals surface area (Å²) in [6, 6.07) is 7.29. The lowest BCUT2D eigenvalue weighted by molar-refractivity contribution is -0.148. The van der Waals surface area contributed by atoms with E-state index in [1.807, 2.05) is 0 Å². The normalized spacial score (nSPS) is 15.6. The van der Waals surface area contributed by atoms with Crippen LogP contribution >= 0.6 is 0 Å². The number of methoxy groups -OCH3 is 1. The van der Waals surface area contributed by atoms with E-state index in [0.29, 0.717) is 24.5 Å². The van der Waals surface area contributed by atoms with Crippen molar-refractivity contribution in [2.75, 3.05) is 7.11 Å². The van der Waals surface area contributed by atoms with Crippen molar-refractivity contribution in [3.8, 4) is 11.5 Å². The second-order valence-electron chi connectivity index (χ2n) is 8.28. The van der Waals surface area contributed by atoms with E-state index in [4.69, 9.17) is 9.47 Å². The number of halogens is 4. The number of carboxylic acid groups (broad SMARTS) is 1. The Morgan fingerprint density at radius 3 is 2.43 bits per heavy atom. The van der Waals surface area contributed by atoms with Crippen LogP contribution in [0, 0.1) is 5.82 Å². The molecule has 1 aliphatic carbocycles. The summed E-state index contributed by atoms with van der Waals surface area (Å²) < 4.78 is 63.0. The summed E-state index contributed by atoms with van der Waals surface area (Å²) in [6.45, 7) is -0.255. The van der Waals surface area contributed by atoms with Crippen LogP contribution in [0.5, 0.6) is 11.5 Å². The van der Waals surface area contributed by atoms with Crippen molar-refractivity contribution in [2.45, 2.75) is 50.4 Å². The van der Waals surface area contributed by atoms with Gasteiger partial charge in [-0.05, 0) is 54.3 Å². The minimum Gasteiger partial charge on any atom is -0.493 e. The molecule has 6 nitrogen and oxygen atoms in total. The zero-order valence-corrected chi connectivity index (χ0v) is 19.0. The number of carbonyl (C=O) groups excluding carboxylic acids is 1. The maximum absolute atomic E-state index is 13.5. The summed E-state index contributed by atoms with van der Waals surface area (Å²) in [7, 11) is 1.38. The predicted octanol–water partition coefficient (Wildman–Crippen LogP) is 5.35. The van der Waals surface area contributed by atoms with Crippen LogP contribution in [0.3, 0.4) is 0 Å². The summed E-state index contributed by atoms with van der Waals surface area (Å²) in [6.07, 6.45) is 1.02. The zero-order valence-electron chi connectivity index (χ0n) is 19.0. The molecule has 1 aliphatic rings. The van der Waals surface area contributed by atoms with Gasteiger partial charge in [0.05, 0.1) is 12.7 Å². The Hall–Kier alpha value is -3.56. The SMILES string of the molecule is COc1cc(C=CC(=O)NC2(C(=O)O)CCCCC2)ccc1OCc1ccc(F)c(C(F)(F)F)c1. The lowest BCUT2D eigenvalue weighted by atomic mass is 9.81. The molecule has 0 radical (unpaired) electrons. The molecule has 1 saturated carbocycles. The molecule has 0 aromatic heterocycles. The van der Waals surface area contributed by atoms with E-state index >= 15 is 0 Å². The Morgan fingerprint density at radius 2 is 1.80 bits per heavy atom. The Morgan fingerprint density at radius 1 is 1.09 bits per heavy atom. The van der Waals surface area contributed by atoms with Crippen molar-refractivity contribution < 1.29 is 41.7 Å². The van der Waals surface area contributed by atoms with E-state index in [1.165, 1.54) is 31.4 Å². The predicted molar refractivity (Wildman–Crippen MR) is 119 cm³/mol. The van der Waals surface area contributed by atoms with Crippen LogP contribution < -0.4 is 14.8 Å². The van der Waals surface area contributed by atoms with Crippen LogP contribution in [0.15, 0.2) is 42.5 Å². The summed E-state index contributed by atoms with van der Waals surface area (Å²) >= 11 is 0. The van der Waals surface area contributed by atoms with E-state index in [2.05, 4.69) is 5.32 Å². The largest absolute Gasteiger partial charge is 0.493 e. The van der Waals surface area contributed by atoms with Gasteiger partial charge >= 0.3 is 12.1 Å². The number of rotatable bonds is 8. The van der Waals surface area contributed by atoms with Gasteiger partial charge in [-0.3, -0.25) is 4.79 Å². The van der Waals surface area contributed by atoms with Crippen LogP contribution in [0.1, 0.15) is 48.8 Å². The Balaban J connectivity index is 1.68. The van der Waals surface area contributed by atoms with Crippen molar-refractivity contribution >= 4 is 18.0 Å². The van der Waals surface area contributed by atoms with Crippen LogP contribution in [0.2, 0.25) is 0 Å². The second kappa shape index (κ2) is 10.8. The van der Waals surface area contributed by atoms with Gasteiger partial charge in [-0.1, -0.05) is 31.4 Å². The van der Waals surface area contributed by atoms with Gasteiger partial charge < -0.3 is 19.9 Å². The number of nitrogens with one attached hydrogen (secondary N) is 1. The molecule has 0 saturated heterocycles. The van der Waals surface area contributed by atoms with Gasteiger partial charge in [0, 0.05) is 6.08 Å². The summed E-state index contributed by atoms with van der Waals surface area (Å²) in [5, 5.41) is 12.2. The van der Waals surface area contributed by atoms with Crippen molar-refractivity contribution in [2.24, 2.45) is 0 Å². The number of benzene rings is 2. The average molecular weight is 495 g/mol. The van der Waals surface area contributed by atoms with Crippen molar-refractivity contribution in [3.63, 3.8) is 0 Å². The van der Waals surface area contributed by atoms with Crippen LogP contribution in [0.4, 0.5) is 17.6 Å². The monoisotopic (exact) mass is 495 g/mol. The van der Waals surface area contributed by atoms with E-state index in [1.54, 1.807) is 12.1 Å². The molecule has 0 bridgehead atoms. The fourth-order valence-corrected chi connectivity index (χ4v) is 3.94. The molecule has 1 fully saturated rings. The fourth-order valence-electron chi connectivity index (χ4n) is 3.94. The quantitative estimate of drug-likeness (QED) is 0.381. The number of alkyl halides is 3. The number of amides is 1. The number of aliphatic carboxylic acids is 1. The first-order valence-corrected chi connectivity index (χ1v) is 10.9. The van der Waals surface area contributed by atoms with Gasteiger partial charge in [-0.25, -0.2) is 9.18 Å². The van der Waals surface area contributed by atoms with Crippen LogP contribution in [0.25, 0.3) is 6.08 Å². The smallest absolute Gasteiger partial charge is 0.419 e. The molecular weight excluding hydrogens is 470 g/mol. The Kier molecular flexibility index (Phi) is 8.03. The first-order valence-electron chi connectivity index (χ1n) is 10.9. The molecule has 0 aliphatic heterocycles. The van der Waals surface area contributed by atoms with Crippen molar-refractivity contribution in [1.29, 1.82) is 0 Å². The molecule has 35 heavy (non-hydrogen) atoms. The van der Waals surface area contributed by atoms with Gasteiger partial charge in [0.2, 0.25) is 5.91 Å². The van der Waals surface area contributed by atoms with E-state index in [0.717, 1.165) is 25.3 Å². The molecule has 1 amide bonds. The van der Waals surface area contributed by atoms with Gasteiger partial charge in [-0.2, -0.15) is 13.2 Å². The highest BCUT2D eigenvalue weighted by molar-refractivity contribution is 5.96. The molecular formula is C25H25F4NO5. The standard InChI is InChI=1S/C25H25F4NO5/c1-34-21-14-16(7-10-22(31)30-24(23(32)33)11-3-2-4-12-24)6-9-20(21)35-15-17-5-8-19(26)18(13-17)25(27,28)29/h5-10,13-14H,2-4,11-12,15H2,1H3,(H,30,31)(H,32,33). The Bertz CT molecular complexity index is 1110. The molecule has 2 aromatic rings. The molecule has 188 valence electrons. The molecule has 0 unspecified atom stereocenters. The third kappa shape index (κ3) is 6.52. The topological polar surface area (TPSA) is 84.9 Å². The third-order valence-corrected chi connectivity index (χ3v) is 5.82. The zero-order chi connectivity index (χ0) is 25.6. The number of hydrogen-bond acceptors (Lipinski definition) is 4. The average Bonchev–Trinajstić information content (AvgIpc) is 2.82. The van der Waals surface area contributed by atoms with Gasteiger partial charge in [0.15, 0.2) is 11.5 Å². The number of carbonyl (C=O) groups is 2. The van der Waals surface area contributed by atoms with Gasteiger partial charge in [0.25, 0.3) is 0 Å². The van der Waals surface area contributed by atoms with E-state index < -0.39 is 35.0 Å². The van der Waals surface area contributed by atoms with Crippen molar-refractivity contribution in [3.05, 3.63) is 65.0 Å². The molecule has 0 spiro atoms. The number of carboxylic acids is 1. The molecule has 0 heterocycles. The van der Waals surface area contributed by atoms with Gasteiger partial charge in [0.1, 0.15) is 18.0 Å². The third-order valence-electron chi connectivity index (χ3n) is 5.82. The number of ether oxygens (including phenoxy) is 2. The maximum atomic E-state index is 13.5. The highest BCUT2D eigenvalue weighted by atomic mass is 19.4. The molecule has 10 heteroatoms. The molecule has 2 N–H and O–H groups in total. The van der Waals surface area contributed by atoms with E-state index in [-0.39, 0.29) is 23.7 Å². The Labute approximate surface area is 199 Å². The lowest BCUT2D eigenvalue weighted by Gasteiger charge is -2.33. The first-order chi connectivity index (χ1) is 16.5. The van der Waals surface area contributed by atoms with E-state index in [9.17, 15) is 32.3 Å². The second-order valence-corrected chi connectivity index (χ2v) is 8.28. The highest BCUT2D eigenvalue weighted by Gasteiger charge is 2.40. The minimum atomic E-state index is -4.82. The minimum absolute atomic E-state index is 0.122. The highest BCUT2D eigenvalue weighted by Crippen LogP contribution is 2.33.